The lowest BCUT2D eigenvalue weighted by molar-refractivity contribution is 0.608. The van der Waals surface area contributed by atoms with Crippen LogP contribution in [0, 0.1) is 5.82 Å². The molecule has 1 heterocycles. The quantitative estimate of drug-likeness (QED) is 0.820. The molecule has 2 aromatic rings. The summed E-state index contributed by atoms with van der Waals surface area (Å²) in [4.78, 5) is 0. The van der Waals surface area contributed by atoms with E-state index >= 15 is 0 Å². The highest BCUT2D eigenvalue weighted by molar-refractivity contribution is 9.10. The highest BCUT2D eigenvalue weighted by Crippen LogP contribution is 2.28. The Labute approximate surface area is 126 Å². The smallest absolute Gasteiger partial charge is 0.124 e. The zero-order valence-electron chi connectivity index (χ0n) is 11.3. The molecule has 0 radical (unpaired) electrons. The van der Waals surface area contributed by atoms with Gasteiger partial charge in [-0.15, -0.1) is 0 Å². The Kier molecular flexibility index (Phi) is 3.94. The lowest BCUT2D eigenvalue weighted by atomic mass is 10.1. The van der Waals surface area contributed by atoms with Crippen LogP contribution in [-0.2, 0) is 13.0 Å². The normalized spacial score (nSPS) is 18.6. The molecule has 2 nitrogen and oxygen atoms in total. The summed E-state index contributed by atoms with van der Waals surface area (Å²) in [6, 6.07) is 5.15. The van der Waals surface area contributed by atoms with Gasteiger partial charge in [0.2, 0.25) is 0 Å². The van der Waals surface area contributed by atoms with Crippen molar-refractivity contribution in [2.24, 2.45) is 5.73 Å². The van der Waals surface area contributed by atoms with E-state index in [9.17, 15) is 4.39 Å². The number of hydrogen-bond donors (Lipinski definition) is 1. The van der Waals surface area contributed by atoms with Gasteiger partial charge in [-0.3, -0.25) is 0 Å². The molecule has 1 atom stereocenters. The van der Waals surface area contributed by atoms with Crippen molar-refractivity contribution in [1.29, 1.82) is 0 Å². The van der Waals surface area contributed by atoms with E-state index in [1.54, 1.807) is 6.07 Å². The van der Waals surface area contributed by atoms with Crippen molar-refractivity contribution in [3.05, 3.63) is 57.6 Å². The molecule has 1 aliphatic carbocycles. The summed E-state index contributed by atoms with van der Waals surface area (Å²) in [5, 5.41) is 0. The molecular formula is C16H18BrFN2. The molecule has 0 saturated carbocycles. The zero-order chi connectivity index (χ0) is 14.1. The van der Waals surface area contributed by atoms with Gasteiger partial charge in [-0.2, -0.15) is 0 Å². The number of aromatic nitrogens is 1. The minimum atomic E-state index is -0.209. The van der Waals surface area contributed by atoms with Gasteiger partial charge in [-0.25, -0.2) is 4.39 Å². The first-order valence-electron chi connectivity index (χ1n) is 7.01. The van der Waals surface area contributed by atoms with Gasteiger partial charge in [-0.05, 0) is 54.2 Å². The first-order chi connectivity index (χ1) is 9.61. The predicted molar refractivity (Wildman–Crippen MR) is 82.1 cm³/mol. The lowest BCUT2D eigenvalue weighted by Gasteiger charge is -2.08. The van der Waals surface area contributed by atoms with Crippen LogP contribution >= 0.6 is 15.9 Å². The SMILES string of the molecule is NC1CCCCc2cn(Cc3cc(F)cc(Br)c3)cc21. The first-order valence-corrected chi connectivity index (χ1v) is 7.80. The molecule has 1 aromatic carbocycles. The fraction of sp³-hybridized carbons (Fsp3) is 0.375. The molecule has 1 aliphatic rings. The van der Waals surface area contributed by atoms with Gasteiger partial charge in [0.15, 0.2) is 0 Å². The van der Waals surface area contributed by atoms with E-state index in [1.165, 1.54) is 30.0 Å². The van der Waals surface area contributed by atoms with Crippen molar-refractivity contribution in [1.82, 2.24) is 4.57 Å². The maximum atomic E-state index is 13.4. The number of halogens is 2. The zero-order valence-corrected chi connectivity index (χ0v) is 12.9. The van der Waals surface area contributed by atoms with Crippen LogP contribution in [0.25, 0.3) is 0 Å². The van der Waals surface area contributed by atoms with E-state index in [0.717, 1.165) is 22.9 Å². The fourth-order valence-electron chi connectivity index (χ4n) is 2.96. The van der Waals surface area contributed by atoms with Crippen LogP contribution in [0.4, 0.5) is 4.39 Å². The van der Waals surface area contributed by atoms with E-state index in [2.05, 4.69) is 32.9 Å². The summed E-state index contributed by atoms with van der Waals surface area (Å²) in [7, 11) is 0. The number of benzene rings is 1. The van der Waals surface area contributed by atoms with Gasteiger partial charge in [0.25, 0.3) is 0 Å². The van der Waals surface area contributed by atoms with E-state index in [-0.39, 0.29) is 11.9 Å². The minimum Gasteiger partial charge on any atom is -0.349 e. The Balaban J connectivity index is 1.86. The summed E-state index contributed by atoms with van der Waals surface area (Å²) in [5.41, 5.74) is 9.79. The highest BCUT2D eigenvalue weighted by Gasteiger charge is 2.17. The molecular weight excluding hydrogens is 319 g/mol. The third-order valence-corrected chi connectivity index (χ3v) is 4.35. The van der Waals surface area contributed by atoms with Gasteiger partial charge in [0.05, 0.1) is 0 Å². The van der Waals surface area contributed by atoms with Crippen LogP contribution in [0.5, 0.6) is 0 Å². The molecule has 20 heavy (non-hydrogen) atoms. The van der Waals surface area contributed by atoms with Crippen molar-refractivity contribution < 1.29 is 4.39 Å². The largest absolute Gasteiger partial charge is 0.349 e. The molecule has 0 fully saturated rings. The summed E-state index contributed by atoms with van der Waals surface area (Å²) in [6.45, 7) is 0.677. The molecule has 1 aromatic heterocycles. The van der Waals surface area contributed by atoms with Crippen molar-refractivity contribution in [3.8, 4) is 0 Å². The van der Waals surface area contributed by atoms with Crippen molar-refractivity contribution in [3.63, 3.8) is 0 Å². The Bertz CT molecular complexity index is 601. The highest BCUT2D eigenvalue weighted by atomic mass is 79.9. The van der Waals surface area contributed by atoms with Gasteiger partial charge in [0, 0.05) is 29.5 Å². The van der Waals surface area contributed by atoms with Crippen LogP contribution < -0.4 is 5.73 Å². The Morgan fingerprint density at radius 1 is 1.25 bits per heavy atom. The minimum absolute atomic E-state index is 0.146. The molecule has 0 aliphatic heterocycles. The van der Waals surface area contributed by atoms with E-state index < -0.39 is 0 Å². The maximum Gasteiger partial charge on any atom is 0.124 e. The monoisotopic (exact) mass is 336 g/mol. The molecule has 4 heteroatoms. The van der Waals surface area contributed by atoms with E-state index in [0.29, 0.717) is 6.54 Å². The number of aryl methyl sites for hydroxylation is 1. The Morgan fingerprint density at radius 3 is 2.90 bits per heavy atom. The predicted octanol–water partition coefficient (Wildman–Crippen LogP) is 4.16. The average Bonchev–Trinajstić information content (AvgIpc) is 2.68. The standard InChI is InChI=1S/C16H18BrFN2/c17-13-5-11(6-14(18)7-13)8-20-9-12-3-1-2-4-16(19)15(12)10-20/h5-7,9-10,16H,1-4,8,19H2. The maximum absolute atomic E-state index is 13.4. The first kappa shape index (κ1) is 13.8. The van der Waals surface area contributed by atoms with Gasteiger partial charge >= 0.3 is 0 Å². The van der Waals surface area contributed by atoms with Gasteiger partial charge in [-0.1, -0.05) is 22.4 Å². The number of nitrogens with two attached hydrogens (primary N) is 1. The second-order valence-corrected chi connectivity index (χ2v) is 6.46. The van der Waals surface area contributed by atoms with Crippen LogP contribution in [0.1, 0.15) is 42.0 Å². The lowest BCUT2D eigenvalue weighted by Crippen LogP contribution is -2.09. The van der Waals surface area contributed by atoms with E-state index in [1.807, 2.05) is 6.07 Å². The average molecular weight is 337 g/mol. The topological polar surface area (TPSA) is 30.9 Å². The number of hydrogen-bond acceptors (Lipinski definition) is 1. The summed E-state index contributed by atoms with van der Waals surface area (Å²) in [6.07, 6.45) is 8.86. The second kappa shape index (κ2) is 5.70. The number of rotatable bonds is 2. The molecule has 3 rings (SSSR count). The fourth-order valence-corrected chi connectivity index (χ4v) is 3.47. The number of fused-ring (bicyclic) bond motifs is 1. The van der Waals surface area contributed by atoms with E-state index in [4.69, 9.17) is 5.73 Å². The molecule has 2 N–H and O–H groups in total. The third-order valence-electron chi connectivity index (χ3n) is 3.90. The summed E-state index contributed by atoms with van der Waals surface area (Å²) < 4.78 is 16.3. The molecule has 106 valence electrons. The summed E-state index contributed by atoms with van der Waals surface area (Å²) >= 11 is 3.33. The molecule has 0 saturated heterocycles. The van der Waals surface area contributed by atoms with Gasteiger partial charge in [0.1, 0.15) is 5.82 Å². The van der Waals surface area contributed by atoms with Crippen LogP contribution in [-0.4, -0.2) is 4.57 Å². The Morgan fingerprint density at radius 2 is 2.10 bits per heavy atom. The molecule has 0 bridgehead atoms. The Hall–Kier alpha value is -1.13. The van der Waals surface area contributed by atoms with Crippen LogP contribution in [0.3, 0.4) is 0 Å². The second-order valence-electron chi connectivity index (χ2n) is 5.54. The van der Waals surface area contributed by atoms with Crippen LogP contribution in [0.2, 0.25) is 0 Å². The number of nitrogens with zero attached hydrogens (tertiary/aromatic N) is 1. The van der Waals surface area contributed by atoms with Crippen molar-refractivity contribution in [2.75, 3.05) is 0 Å². The third kappa shape index (κ3) is 2.96. The molecule has 0 spiro atoms. The molecule has 1 unspecified atom stereocenters. The van der Waals surface area contributed by atoms with Crippen molar-refractivity contribution in [2.45, 2.75) is 38.3 Å². The molecule has 0 amide bonds. The summed E-state index contributed by atoms with van der Waals surface area (Å²) in [5.74, 6) is -0.209. The van der Waals surface area contributed by atoms with Crippen LogP contribution in [0.15, 0.2) is 35.1 Å². The van der Waals surface area contributed by atoms with Gasteiger partial charge < -0.3 is 10.3 Å². The van der Waals surface area contributed by atoms with Crippen molar-refractivity contribution >= 4 is 15.9 Å².